The Bertz CT molecular complexity index is 374. The highest BCUT2D eigenvalue weighted by atomic mass is 32.2. The number of hydrogen-bond donors (Lipinski definition) is 0. The second-order valence-electron chi connectivity index (χ2n) is 3.92. The minimum absolute atomic E-state index is 0.0425. The molecule has 0 aromatic heterocycles. The summed E-state index contributed by atoms with van der Waals surface area (Å²) in [7, 11) is 0. The zero-order valence-corrected chi connectivity index (χ0v) is 9.71. The zero-order chi connectivity index (χ0) is 10.8. The van der Waals surface area contributed by atoms with Crippen LogP contribution in [0, 0.1) is 5.92 Å². The van der Waals surface area contributed by atoms with Gasteiger partial charge in [0.1, 0.15) is 5.75 Å². The minimum atomic E-state index is -0.273. The van der Waals surface area contributed by atoms with E-state index in [0.29, 0.717) is 0 Å². The average molecular weight is 222 g/mol. The molecule has 0 amide bonds. The van der Waals surface area contributed by atoms with E-state index in [2.05, 4.69) is 0 Å². The third-order valence-electron chi connectivity index (χ3n) is 2.39. The van der Waals surface area contributed by atoms with Crippen molar-refractivity contribution >= 4 is 17.5 Å². The molecule has 0 fully saturated rings. The summed E-state index contributed by atoms with van der Waals surface area (Å²) in [4.78, 5) is 12.9. The number of thioether (sulfide) groups is 1. The number of carbonyl (C=O) groups is 1. The average Bonchev–Trinajstić information content (AvgIpc) is 2.27. The first kappa shape index (κ1) is 10.6. The molecule has 0 N–H and O–H groups in total. The Morgan fingerprint density at radius 3 is 2.93 bits per heavy atom. The monoisotopic (exact) mass is 222 g/mol. The number of carbonyl (C=O) groups excluding carboxylic acids is 1. The van der Waals surface area contributed by atoms with E-state index < -0.39 is 0 Å². The Kier molecular flexibility index (Phi) is 3.00. The van der Waals surface area contributed by atoms with Gasteiger partial charge in [0.2, 0.25) is 0 Å². The van der Waals surface area contributed by atoms with Crippen LogP contribution in [-0.2, 0) is 4.79 Å². The van der Waals surface area contributed by atoms with Crippen LogP contribution in [0.3, 0.4) is 0 Å². The molecule has 2 nitrogen and oxygen atoms in total. The van der Waals surface area contributed by atoms with Gasteiger partial charge in [-0.15, -0.1) is 11.8 Å². The Morgan fingerprint density at radius 1 is 1.47 bits per heavy atom. The summed E-state index contributed by atoms with van der Waals surface area (Å²) in [5.41, 5.74) is 0. The fourth-order valence-corrected chi connectivity index (χ4v) is 2.53. The second kappa shape index (κ2) is 4.27. The fourth-order valence-electron chi connectivity index (χ4n) is 1.53. The summed E-state index contributed by atoms with van der Waals surface area (Å²) in [6, 6.07) is 7.86. The minimum Gasteiger partial charge on any atom is -0.481 e. The molecule has 80 valence electrons. The number of benzene rings is 1. The van der Waals surface area contributed by atoms with Crippen LogP contribution in [0.15, 0.2) is 29.2 Å². The van der Waals surface area contributed by atoms with E-state index in [0.717, 1.165) is 16.4 Å². The number of Topliss-reactive ketones (excluding diaryl/α,β-unsaturated/α-hetero) is 1. The molecule has 1 atom stereocenters. The molecule has 0 spiro atoms. The van der Waals surface area contributed by atoms with E-state index in [1.54, 1.807) is 11.8 Å². The SMILES string of the molecule is CC(C)C(=O)C1CSc2ccccc2O1. The van der Waals surface area contributed by atoms with Crippen molar-refractivity contribution in [3.05, 3.63) is 24.3 Å². The van der Waals surface area contributed by atoms with Crippen molar-refractivity contribution in [3.63, 3.8) is 0 Å². The molecule has 0 saturated carbocycles. The molecule has 3 heteroatoms. The van der Waals surface area contributed by atoms with Crippen LogP contribution in [-0.4, -0.2) is 17.6 Å². The first-order chi connectivity index (χ1) is 7.18. The molecular weight excluding hydrogens is 208 g/mol. The predicted octanol–water partition coefficient (Wildman–Crippen LogP) is 2.76. The molecule has 15 heavy (non-hydrogen) atoms. The molecule has 2 rings (SSSR count). The number of ether oxygens (including phenoxy) is 1. The van der Waals surface area contributed by atoms with Gasteiger partial charge in [0.25, 0.3) is 0 Å². The molecule has 1 aliphatic rings. The maximum Gasteiger partial charge on any atom is 0.176 e. The Hall–Kier alpha value is -0.960. The van der Waals surface area contributed by atoms with E-state index >= 15 is 0 Å². The van der Waals surface area contributed by atoms with Gasteiger partial charge in [-0.2, -0.15) is 0 Å². The molecule has 0 bridgehead atoms. The fraction of sp³-hybridized carbons (Fsp3) is 0.417. The Balaban J connectivity index is 2.15. The summed E-state index contributed by atoms with van der Waals surface area (Å²) >= 11 is 1.70. The molecule has 1 unspecified atom stereocenters. The quantitative estimate of drug-likeness (QED) is 0.769. The van der Waals surface area contributed by atoms with Gasteiger partial charge in [-0.3, -0.25) is 4.79 Å². The van der Waals surface area contributed by atoms with Crippen LogP contribution in [0.2, 0.25) is 0 Å². The van der Waals surface area contributed by atoms with Crippen molar-refractivity contribution < 1.29 is 9.53 Å². The van der Waals surface area contributed by atoms with Gasteiger partial charge in [-0.1, -0.05) is 26.0 Å². The van der Waals surface area contributed by atoms with Gasteiger partial charge in [0, 0.05) is 16.6 Å². The maximum atomic E-state index is 11.8. The van der Waals surface area contributed by atoms with Crippen molar-refractivity contribution in [2.75, 3.05) is 5.75 Å². The van der Waals surface area contributed by atoms with Gasteiger partial charge < -0.3 is 4.74 Å². The van der Waals surface area contributed by atoms with Crippen molar-refractivity contribution in [1.29, 1.82) is 0 Å². The van der Waals surface area contributed by atoms with E-state index in [4.69, 9.17) is 4.74 Å². The lowest BCUT2D eigenvalue weighted by Crippen LogP contribution is -2.35. The normalized spacial score (nSPS) is 19.5. The lowest BCUT2D eigenvalue weighted by molar-refractivity contribution is -0.128. The van der Waals surface area contributed by atoms with Crippen molar-refractivity contribution in [2.45, 2.75) is 24.8 Å². The summed E-state index contributed by atoms with van der Waals surface area (Å²) in [5.74, 6) is 1.80. The van der Waals surface area contributed by atoms with Crippen molar-refractivity contribution in [3.8, 4) is 5.75 Å². The van der Waals surface area contributed by atoms with Gasteiger partial charge in [0.15, 0.2) is 11.9 Å². The number of hydrogen-bond acceptors (Lipinski definition) is 3. The van der Waals surface area contributed by atoms with Crippen LogP contribution in [0.5, 0.6) is 5.75 Å². The van der Waals surface area contributed by atoms with Crippen LogP contribution < -0.4 is 4.74 Å². The van der Waals surface area contributed by atoms with E-state index in [1.165, 1.54) is 0 Å². The first-order valence-corrected chi connectivity index (χ1v) is 6.09. The van der Waals surface area contributed by atoms with Gasteiger partial charge >= 0.3 is 0 Å². The summed E-state index contributed by atoms with van der Waals surface area (Å²) < 4.78 is 5.68. The highest BCUT2D eigenvalue weighted by Crippen LogP contribution is 2.35. The number of fused-ring (bicyclic) bond motifs is 1. The second-order valence-corrected chi connectivity index (χ2v) is 4.98. The molecule has 1 aromatic rings. The molecule has 0 saturated heterocycles. The van der Waals surface area contributed by atoms with Crippen LogP contribution in [0.4, 0.5) is 0 Å². The van der Waals surface area contributed by atoms with Crippen LogP contribution in [0.25, 0.3) is 0 Å². The smallest absolute Gasteiger partial charge is 0.176 e. The lowest BCUT2D eigenvalue weighted by atomic mass is 10.1. The zero-order valence-electron chi connectivity index (χ0n) is 8.90. The molecular formula is C12H14O2S. The van der Waals surface area contributed by atoms with Crippen LogP contribution >= 0.6 is 11.8 Å². The standard InChI is InChI=1S/C12H14O2S/c1-8(2)12(13)10-7-15-11-6-4-3-5-9(11)14-10/h3-6,8,10H,7H2,1-2H3. The molecule has 1 aromatic carbocycles. The molecule has 0 radical (unpaired) electrons. The van der Waals surface area contributed by atoms with Gasteiger partial charge in [-0.05, 0) is 12.1 Å². The van der Waals surface area contributed by atoms with Gasteiger partial charge in [0.05, 0.1) is 0 Å². The summed E-state index contributed by atoms with van der Waals surface area (Å²) in [6.45, 7) is 3.83. The number of ketones is 1. The van der Waals surface area contributed by atoms with Crippen LogP contribution in [0.1, 0.15) is 13.8 Å². The molecule has 0 aliphatic carbocycles. The Labute approximate surface area is 94.0 Å². The van der Waals surface area contributed by atoms with E-state index in [1.807, 2.05) is 38.1 Å². The number of para-hydroxylation sites is 1. The largest absolute Gasteiger partial charge is 0.481 e. The maximum absolute atomic E-state index is 11.8. The summed E-state index contributed by atoms with van der Waals surface area (Å²) in [5, 5.41) is 0. The predicted molar refractivity (Wildman–Crippen MR) is 61.4 cm³/mol. The number of rotatable bonds is 2. The Morgan fingerprint density at radius 2 is 2.20 bits per heavy atom. The van der Waals surface area contributed by atoms with Crippen molar-refractivity contribution in [1.82, 2.24) is 0 Å². The van der Waals surface area contributed by atoms with E-state index in [9.17, 15) is 4.79 Å². The molecule has 1 aliphatic heterocycles. The lowest BCUT2D eigenvalue weighted by Gasteiger charge is -2.25. The third kappa shape index (κ3) is 2.17. The van der Waals surface area contributed by atoms with Gasteiger partial charge in [-0.25, -0.2) is 0 Å². The summed E-state index contributed by atoms with van der Waals surface area (Å²) in [6.07, 6.45) is -0.273. The highest BCUT2D eigenvalue weighted by molar-refractivity contribution is 7.99. The van der Waals surface area contributed by atoms with E-state index in [-0.39, 0.29) is 17.8 Å². The third-order valence-corrected chi connectivity index (χ3v) is 3.51. The molecule has 1 heterocycles. The highest BCUT2D eigenvalue weighted by Gasteiger charge is 2.27. The topological polar surface area (TPSA) is 26.3 Å². The first-order valence-electron chi connectivity index (χ1n) is 5.10. The van der Waals surface area contributed by atoms with Crippen molar-refractivity contribution in [2.24, 2.45) is 5.92 Å².